The molecule has 0 aromatic heterocycles. The fourth-order valence-corrected chi connectivity index (χ4v) is 2.05. The lowest BCUT2D eigenvalue weighted by atomic mass is 10.1. The van der Waals surface area contributed by atoms with Crippen molar-refractivity contribution in [1.29, 1.82) is 0 Å². The van der Waals surface area contributed by atoms with E-state index < -0.39 is 12.5 Å². The van der Waals surface area contributed by atoms with Crippen molar-refractivity contribution >= 4 is 17.4 Å². The average Bonchev–Trinajstić information content (AvgIpc) is 2.61. The largest absolute Gasteiger partial charge is 0.484 e. The topological polar surface area (TPSA) is 64.6 Å². The number of carbonyl (C=O) groups excluding carboxylic acids is 2. The van der Waals surface area contributed by atoms with E-state index in [-0.39, 0.29) is 23.8 Å². The van der Waals surface area contributed by atoms with Gasteiger partial charge >= 0.3 is 6.61 Å². The van der Waals surface area contributed by atoms with Crippen LogP contribution in [0.2, 0.25) is 0 Å². The summed E-state index contributed by atoms with van der Waals surface area (Å²) in [4.78, 5) is 23.4. The number of para-hydroxylation sites is 2. The Morgan fingerprint density at radius 1 is 1.08 bits per heavy atom. The number of benzene rings is 2. The van der Waals surface area contributed by atoms with Crippen molar-refractivity contribution in [2.45, 2.75) is 20.0 Å². The molecule has 0 bridgehead atoms. The Bertz CT molecular complexity index is 732. The number of carbonyl (C=O) groups is 2. The number of Topliss-reactive ketones (excluding diaryl/α,β-unsaturated/α-hetero) is 1. The van der Waals surface area contributed by atoms with Crippen molar-refractivity contribution in [2.24, 2.45) is 0 Å². The number of ketones is 1. The normalized spacial score (nSPS) is 10.4. The van der Waals surface area contributed by atoms with Crippen LogP contribution in [-0.2, 0) is 4.79 Å². The number of hydrogen-bond donors (Lipinski definition) is 1. The molecule has 0 saturated carbocycles. The van der Waals surface area contributed by atoms with E-state index in [1.807, 2.05) is 0 Å². The number of halogens is 2. The smallest absolute Gasteiger partial charge is 0.387 e. The van der Waals surface area contributed by atoms with Gasteiger partial charge in [0.05, 0.1) is 5.69 Å². The Morgan fingerprint density at radius 3 is 2.40 bits per heavy atom. The molecule has 0 spiro atoms. The summed E-state index contributed by atoms with van der Waals surface area (Å²) in [6.07, 6.45) is 0.405. The van der Waals surface area contributed by atoms with Crippen molar-refractivity contribution in [3.63, 3.8) is 0 Å². The zero-order valence-electron chi connectivity index (χ0n) is 13.5. The molecular weight excluding hydrogens is 332 g/mol. The molecule has 0 aliphatic rings. The summed E-state index contributed by atoms with van der Waals surface area (Å²) >= 11 is 0. The highest BCUT2D eigenvalue weighted by atomic mass is 19.3. The van der Waals surface area contributed by atoms with E-state index in [2.05, 4.69) is 10.1 Å². The summed E-state index contributed by atoms with van der Waals surface area (Å²) in [5.41, 5.74) is 0.692. The Hall–Kier alpha value is -2.96. The number of nitrogens with one attached hydrogen (secondary N) is 1. The molecule has 2 rings (SSSR count). The molecule has 1 N–H and O–H groups in total. The molecule has 2 aromatic rings. The number of anilines is 1. The third-order valence-corrected chi connectivity index (χ3v) is 3.24. The van der Waals surface area contributed by atoms with Gasteiger partial charge in [0.25, 0.3) is 5.91 Å². The monoisotopic (exact) mass is 349 g/mol. The first-order valence-electron chi connectivity index (χ1n) is 7.59. The van der Waals surface area contributed by atoms with Gasteiger partial charge in [0, 0.05) is 12.0 Å². The van der Waals surface area contributed by atoms with Crippen LogP contribution in [0.1, 0.15) is 23.7 Å². The molecule has 7 heteroatoms. The third-order valence-electron chi connectivity index (χ3n) is 3.24. The first-order chi connectivity index (χ1) is 12.0. The molecule has 0 aliphatic carbocycles. The predicted octanol–water partition coefficient (Wildman–Crippen LogP) is 3.90. The van der Waals surface area contributed by atoms with Crippen LogP contribution >= 0.6 is 0 Å². The summed E-state index contributed by atoms with van der Waals surface area (Å²) in [5.74, 6) is -0.229. The minimum absolute atomic E-state index is 0.0138. The number of ether oxygens (including phenoxy) is 2. The number of hydrogen-bond acceptors (Lipinski definition) is 4. The molecule has 2 aromatic carbocycles. The molecule has 0 radical (unpaired) electrons. The molecule has 5 nitrogen and oxygen atoms in total. The summed E-state index contributed by atoms with van der Waals surface area (Å²) in [7, 11) is 0. The van der Waals surface area contributed by atoms with Crippen LogP contribution < -0.4 is 14.8 Å². The zero-order chi connectivity index (χ0) is 18.2. The van der Waals surface area contributed by atoms with Crippen LogP contribution in [0.4, 0.5) is 14.5 Å². The maximum absolute atomic E-state index is 12.3. The van der Waals surface area contributed by atoms with E-state index in [1.54, 1.807) is 37.3 Å². The summed E-state index contributed by atoms with van der Waals surface area (Å²) in [5, 5.41) is 2.45. The number of rotatable bonds is 8. The lowest BCUT2D eigenvalue weighted by Gasteiger charge is -2.12. The SMILES string of the molecule is CCC(=O)c1ccc(OCC(=O)Nc2ccccc2OC(F)F)cc1. The maximum atomic E-state index is 12.3. The second kappa shape index (κ2) is 8.77. The van der Waals surface area contributed by atoms with E-state index in [0.29, 0.717) is 17.7 Å². The highest BCUT2D eigenvalue weighted by molar-refractivity contribution is 5.96. The highest BCUT2D eigenvalue weighted by Crippen LogP contribution is 2.25. The minimum atomic E-state index is -2.99. The van der Waals surface area contributed by atoms with Crippen LogP contribution in [0.25, 0.3) is 0 Å². The predicted molar refractivity (Wildman–Crippen MR) is 88.3 cm³/mol. The van der Waals surface area contributed by atoms with Gasteiger partial charge in [-0.1, -0.05) is 19.1 Å². The molecule has 0 aliphatic heterocycles. The van der Waals surface area contributed by atoms with Crippen molar-refractivity contribution < 1.29 is 27.8 Å². The van der Waals surface area contributed by atoms with Crippen LogP contribution in [0, 0.1) is 0 Å². The lowest BCUT2D eigenvalue weighted by Crippen LogP contribution is -2.20. The third kappa shape index (κ3) is 5.56. The molecule has 25 heavy (non-hydrogen) atoms. The van der Waals surface area contributed by atoms with Gasteiger partial charge in [-0.25, -0.2) is 0 Å². The van der Waals surface area contributed by atoms with Crippen LogP contribution in [0.5, 0.6) is 11.5 Å². The van der Waals surface area contributed by atoms with Gasteiger partial charge < -0.3 is 14.8 Å². The Morgan fingerprint density at radius 2 is 1.76 bits per heavy atom. The summed E-state index contributed by atoms with van der Waals surface area (Å²) in [6, 6.07) is 12.3. The Balaban J connectivity index is 1.92. The van der Waals surface area contributed by atoms with E-state index in [9.17, 15) is 18.4 Å². The second-order valence-corrected chi connectivity index (χ2v) is 5.01. The molecule has 0 atom stereocenters. The zero-order valence-corrected chi connectivity index (χ0v) is 13.5. The fraction of sp³-hybridized carbons (Fsp3) is 0.222. The molecule has 132 valence electrons. The molecule has 0 fully saturated rings. The van der Waals surface area contributed by atoms with Gasteiger partial charge in [-0.2, -0.15) is 8.78 Å². The molecule has 0 heterocycles. The van der Waals surface area contributed by atoms with Gasteiger partial charge in [0.15, 0.2) is 12.4 Å². The van der Waals surface area contributed by atoms with E-state index in [1.165, 1.54) is 18.2 Å². The van der Waals surface area contributed by atoms with Gasteiger partial charge in [-0.3, -0.25) is 9.59 Å². The van der Waals surface area contributed by atoms with Crippen LogP contribution in [-0.4, -0.2) is 24.9 Å². The Labute approximate surface area is 143 Å². The summed E-state index contributed by atoms with van der Waals surface area (Å²) in [6.45, 7) is -1.53. The fourth-order valence-electron chi connectivity index (χ4n) is 2.05. The van der Waals surface area contributed by atoms with Crippen molar-refractivity contribution in [1.82, 2.24) is 0 Å². The highest BCUT2D eigenvalue weighted by Gasteiger charge is 2.12. The quantitative estimate of drug-likeness (QED) is 0.734. The lowest BCUT2D eigenvalue weighted by molar-refractivity contribution is -0.118. The van der Waals surface area contributed by atoms with Gasteiger partial charge in [0.1, 0.15) is 11.5 Å². The molecule has 1 amide bonds. The minimum Gasteiger partial charge on any atom is -0.484 e. The first kappa shape index (κ1) is 18.4. The maximum Gasteiger partial charge on any atom is 0.387 e. The van der Waals surface area contributed by atoms with Crippen molar-refractivity contribution in [2.75, 3.05) is 11.9 Å². The van der Waals surface area contributed by atoms with Crippen molar-refractivity contribution in [3.05, 3.63) is 54.1 Å². The van der Waals surface area contributed by atoms with E-state index >= 15 is 0 Å². The van der Waals surface area contributed by atoms with Gasteiger partial charge in [0.2, 0.25) is 0 Å². The standard InChI is InChI=1S/C18H17F2NO4/c1-2-15(22)12-7-9-13(10-8-12)24-11-17(23)21-14-5-3-4-6-16(14)25-18(19)20/h3-10,18H,2,11H2,1H3,(H,21,23). The average molecular weight is 349 g/mol. The second-order valence-electron chi connectivity index (χ2n) is 5.01. The number of alkyl halides is 2. The van der Waals surface area contributed by atoms with Crippen LogP contribution in [0.3, 0.4) is 0 Å². The van der Waals surface area contributed by atoms with Crippen LogP contribution in [0.15, 0.2) is 48.5 Å². The van der Waals surface area contributed by atoms with E-state index in [0.717, 1.165) is 0 Å². The molecule has 0 unspecified atom stereocenters. The van der Waals surface area contributed by atoms with Gasteiger partial charge in [-0.15, -0.1) is 0 Å². The molecule has 0 saturated heterocycles. The van der Waals surface area contributed by atoms with E-state index in [4.69, 9.17) is 4.74 Å². The first-order valence-corrected chi connectivity index (χ1v) is 7.59. The molecular formula is C18H17F2NO4. The van der Waals surface area contributed by atoms with Gasteiger partial charge in [-0.05, 0) is 36.4 Å². The summed E-state index contributed by atoms with van der Waals surface area (Å²) < 4.78 is 34.3. The number of amides is 1. The van der Waals surface area contributed by atoms with Crippen molar-refractivity contribution in [3.8, 4) is 11.5 Å². The Kier molecular flexibility index (Phi) is 6.45.